The molecule has 2 aromatic heterocycles. The third-order valence-corrected chi connectivity index (χ3v) is 5.02. The van der Waals surface area contributed by atoms with Crippen LogP contribution in [-0.4, -0.2) is 29.1 Å². The Labute approximate surface area is 171 Å². The number of thiophene rings is 1. The van der Waals surface area contributed by atoms with E-state index < -0.39 is 5.97 Å². The molecule has 2 heterocycles. The van der Waals surface area contributed by atoms with Crippen molar-refractivity contribution in [2.75, 3.05) is 12.4 Å². The van der Waals surface area contributed by atoms with Crippen LogP contribution < -0.4 is 10.6 Å². The van der Waals surface area contributed by atoms with Crippen LogP contribution in [-0.2, 0) is 4.74 Å². The maximum absolute atomic E-state index is 12.4. The van der Waals surface area contributed by atoms with Gasteiger partial charge >= 0.3 is 5.97 Å². The number of anilines is 1. The zero-order valence-corrected chi connectivity index (χ0v) is 16.8. The number of hydrogen-bond donors (Lipinski definition) is 2. The minimum absolute atomic E-state index is 0.0799. The van der Waals surface area contributed by atoms with Crippen molar-refractivity contribution in [2.45, 2.75) is 6.92 Å². The van der Waals surface area contributed by atoms with Crippen molar-refractivity contribution in [1.82, 2.24) is 10.3 Å². The molecule has 1 amide bonds. The summed E-state index contributed by atoms with van der Waals surface area (Å²) in [7, 11) is 1.32. The van der Waals surface area contributed by atoms with E-state index in [9.17, 15) is 9.59 Å². The Hall–Kier alpha value is -3.10. The van der Waals surface area contributed by atoms with Gasteiger partial charge in [0.05, 0.1) is 12.7 Å². The van der Waals surface area contributed by atoms with Crippen LogP contribution in [0.2, 0.25) is 0 Å². The van der Waals surface area contributed by atoms with E-state index in [-0.39, 0.29) is 11.0 Å². The summed E-state index contributed by atoms with van der Waals surface area (Å²) < 4.78 is 4.94. The quantitative estimate of drug-likeness (QED) is 0.498. The molecule has 2 N–H and O–H groups in total. The Kier molecular flexibility index (Phi) is 6.13. The molecule has 0 saturated heterocycles. The van der Waals surface area contributed by atoms with E-state index in [4.69, 9.17) is 17.0 Å². The van der Waals surface area contributed by atoms with Crippen LogP contribution >= 0.6 is 23.6 Å². The number of nitrogens with zero attached hydrogens (tertiary/aromatic N) is 1. The van der Waals surface area contributed by atoms with Crippen LogP contribution in [0.3, 0.4) is 0 Å². The van der Waals surface area contributed by atoms with Crippen molar-refractivity contribution >= 4 is 45.5 Å². The summed E-state index contributed by atoms with van der Waals surface area (Å²) in [5, 5.41) is 7.94. The highest BCUT2D eigenvalue weighted by Crippen LogP contribution is 2.36. The zero-order valence-electron chi connectivity index (χ0n) is 15.2. The molecule has 28 heavy (non-hydrogen) atoms. The number of nitrogens with one attached hydrogen (secondary N) is 2. The number of ether oxygens (including phenoxy) is 1. The molecule has 0 aliphatic heterocycles. The van der Waals surface area contributed by atoms with Gasteiger partial charge in [0.2, 0.25) is 0 Å². The normalized spacial score (nSPS) is 10.2. The van der Waals surface area contributed by atoms with E-state index >= 15 is 0 Å². The Bertz CT molecular complexity index is 1010. The lowest BCUT2D eigenvalue weighted by atomic mass is 10.0. The van der Waals surface area contributed by atoms with Crippen molar-refractivity contribution < 1.29 is 14.3 Å². The summed E-state index contributed by atoms with van der Waals surface area (Å²) in [4.78, 5) is 28.5. The molecule has 8 heteroatoms. The highest BCUT2D eigenvalue weighted by Gasteiger charge is 2.22. The number of rotatable bonds is 4. The summed E-state index contributed by atoms with van der Waals surface area (Å²) in [6.45, 7) is 2.00. The minimum Gasteiger partial charge on any atom is -0.465 e. The highest BCUT2D eigenvalue weighted by molar-refractivity contribution is 7.80. The molecular formula is C20H17N3O3S2. The molecule has 0 unspecified atom stereocenters. The number of aryl methyl sites for hydroxylation is 1. The van der Waals surface area contributed by atoms with Gasteiger partial charge in [-0.3, -0.25) is 15.1 Å². The lowest BCUT2D eigenvalue weighted by Gasteiger charge is -2.10. The van der Waals surface area contributed by atoms with Gasteiger partial charge < -0.3 is 10.1 Å². The Morgan fingerprint density at radius 3 is 2.57 bits per heavy atom. The number of benzene rings is 1. The molecule has 3 aromatic rings. The van der Waals surface area contributed by atoms with Crippen LogP contribution in [0.15, 0.2) is 54.2 Å². The lowest BCUT2D eigenvalue weighted by molar-refractivity contribution is 0.0603. The molecule has 142 valence electrons. The number of aromatic nitrogens is 1. The van der Waals surface area contributed by atoms with Crippen LogP contribution in [0, 0.1) is 6.92 Å². The second-order valence-corrected chi connectivity index (χ2v) is 7.15. The van der Waals surface area contributed by atoms with Gasteiger partial charge in [-0.2, -0.15) is 0 Å². The van der Waals surface area contributed by atoms with Crippen LogP contribution in [0.4, 0.5) is 5.00 Å². The van der Waals surface area contributed by atoms with Gasteiger partial charge in [-0.1, -0.05) is 29.8 Å². The monoisotopic (exact) mass is 411 g/mol. The van der Waals surface area contributed by atoms with Gasteiger partial charge in [-0.25, -0.2) is 4.79 Å². The molecule has 3 rings (SSSR count). The predicted octanol–water partition coefficient (Wildman–Crippen LogP) is 4.03. The van der Waals surface area contributed by atoms with Crippen molar-refractivity contribution in [3.05, 3.63) is 70.9 Å². The molecule has 6 nitrogen and oxygen atoms in total. The van der Waals surface area contributed by atoms with E-state index in [1.165, 1.54) is 24.6 Å². The second-order valence-electron chi connectivity index (χ2n) is 5.86. The first-order valence-corrected chi connectivity index (χ1v) is 9.57. The third-order valence-electron chi connectivity index (χ3n) is 3.92. The van der Waals surface area contributed by atoms with E-state index in [1.807, 2.05) is 36.6 Å². The average molecular weight is 412 g/mol. The Morgan fingerprint density at radius 1 is 1.18 bits per heavy atom. The smallest absolute Gasteiger partial charge is 0.341 e. The molecule has 0 spiro atoms. The first-order valence-electron chi connectivity index (χ1n) is 8.29. The number of hydrogen-bond acceptors (Lipinski definition) is 6. The van der Waals surface area contributed by atoms with Gasteiger partial charge in [-0.15, -0.1) is 11.3 Å². The largest absolute Gasteiger partial charge is 0.465 e. The number of carbonyl (C=O) groups excluding carboxylic acids is 2. The molecule has 0 fully saturated rings. The van der Waals surface area contributed by atoms with Crippen molar-refractivity contribution in [3.63, 3.8) is 0 Å². The van der Waals surface area contributed by atoms with E-state index in [0.29, 0.717) is 16.1 Å². The summed E-state index contributed by atoms with van der Waals surface area (Å²) in [5.41, 5.74) is 3.50. The van der Waals surface area contributed by atoms with Crippen LogP contribution in [0.5, 0.6) is 0 Å². The number of pyridine rings is 1. The molecule has 0 aliphatic rings. The summed E-state index contributed by atoms with van der Waals surface area (Å²) in [5.74, 6) is -0.874. The predicted molar refractivity (Wildman–Crippen MR) is 114 cm³/mol. The van der Waals surface area contributed by atoms with Crippen LogP contribution in [0.25, 0.3) is 11.1 Å². The standard InChI is InChI=1S/C20H17N3O3S2/c1-12-5-7-13(8-6-12)15-11-28-18(16(15)19(25)26-2)23-20(27)22-17(24)14-4-3-9-21-10-14/h3-11H,1-2H3,(H2,22,23,24,27). The second kappa shape index (κ2) is 8.73. The molecule has 1 aromatic carbocycles. The molecular weight excluding hydrogens is 394 g/mol. The van der Waals surface area contributed by atoms with Crippen molar-refractivity contribution in [1.29, 1.82) is 0 Å². The van der Waals surface area contributed by atoms with Crippen molar-refractivity contribution in [2.24, 2.45) is 0 Å². The number of methoxy groups -OCH3 is 1. The topological polar surface area (TPSA) is 80.3 Å². The van der Waals surface area contributed by atoms with E-state index in [1.54, 1.807) is 18.3 Å². The average Bonchev–Trinajstić information content (AvgIpc) is 3.11. The van der Waals surface area contributed by atoms with Crippen LogP contribution in [0.1, 0.15) is 26.3 Å². The molecule has 0 saturated carbocycles. The molecule has 0 radical (unpaired) electrons. The maximum atomic E-state index is 12.4. The fourth-order valence-electron chi connectivity index (χ4n) is 2.51. The number of esters is 1. The molecule has 0 atom stereocenters. The van der Waals surface area contributed by atoms with Gasteiger partial charge in [0.1, 0.15) is 10.6 Å². The first-order chi connectivity index (χ1) is 13.5. The minimum atomic E-state index is -0.485. The zero-order chi connectivity index (χ0) is 20.1. The third kappa shape index (κ3) is 4.41. The summed E-state index contributed by atoms with van der Waals surface area (Å²) >= 11 is 6.54. The summed E-state index contributed by atoms with van der Waals surface area (Å²) in [6.07, 6.45) is 3.02. The molecule has 0 aliphatic carbocycles. The van der Waals surface area contributed by atoms with E-state index in [2.05, 4.69) is 15.6 Å². The number of amides is 1. The number of thiocarbonyl (C=S) groups is 1. The lowest BCUT2D eigenvalue weighted by Crippen LogP contribution is -2.34. The fraction of sp³-hybridized carbons (Fsp3) is 0.100. The first kappa shape index (κ1) is 19.7. The summed E-state index contributed by atoms with van der Waals surface area (Å²) in [6, 6.07) is 11.1. The Balaban J connectivity index is 1.83. The molecule has 0 bridgehead atoms. The van der Waals surface area contributed by atoms with E-state index in [0.717, 1.165) is 16.7 Å². The fourth-order valence-corrected chi connectivity index (χ4v) is 3.73. The van der Waals surface area contributed by atoms with Gasteiger partial charge in [-0.05, 0) is 36.8 Å². The Morgan fingerprint density at radius 2 is 1.93 bits per heavy atom. The highest BCUT2D eigenvalue weighted by atomic mass is 32.1. The van der Waals surface area contributed by atoms with Gasteiger partial charge in [0.25, 0.3) is 5.91 Å². The van der Waals surface area contributed by atoms with Gasteiger partial charge in [0.15, 0.2) is 5.11 Å². The SMILES string of the molecule is COC(=O)c1c(-c2ccc(C)cc2)csc1NC(=S)NC(=O)c1cccnc1. The maximum Gasteiger partial charge on any atom is 0.341 e. The van der Waals surface area contributed by atoms with Crippen molar-refractivity contribution in [3.8, 4) is 11.1 Å². The number of carbonyl (C=O) groups is 2. The van der Waals surface area contributed by atoms with Gasteiger partial charge in [0, 0.05) is 23.3 Å².